The topological polar surface area (TPSA) is 77.3 Å². The Labute approximate surface area is 299 Å². The molecule has 242 valence electrons. The van der Waals surface area contributed by atoms with Gasteiger partial charge in [0.2, 0.25) is 0 Å². The SMILES string of the molecule is c1ccc(-c2ccc3ccc4ccc(-c5ccc(-c6ccc7ccc(-c8ccc9ccc(-c%10ncccn%10)nc9c8)nc7c6)cc5)nc4c3n2)cc1. The molecule has 6 heteroatoms. The van der Waals surface area contributed by atoms with Gasteiger partial charge in [-0.3, -0.25) is 0 Å². The summed E-state index contributed by atoms with van der Waals surface area (Å²) in [4.78, 5) is 28.9. The molecule has 0 aliphatic rings. The van der Waals surface area contributed by atoms with Gasteiger partial charge in [-0.1, -0.05) is 115 Å². The van der Waals surface area contributed by atoms with Crippen molar-refractivity contribution in [3.05, 3.63) is 170 Å². The average molecular weight is 665 g/mol. The number of rotatable bonds is 5. The van der Waals surface area contributed by atoms with Crippen LogP contribution in [0, 0.1) is 0 Å². The Hall–Kier alpha value is -7.18. The number of nitrogens with zero attached hydrogens (tertiary/aromatic N) is 6. The maximum absolute atomic E-state index is 5.15. The van der Waals surface area contributed by atoms with E-state index in [9.17, 15) is 0 Å². The fourth-order valence-electron chi connectivity index (χ4n) is 6.82. The summed E-state index contributed by atoms with van der Waals surface area (Å²) in [6.07, 6.45) is 3.46. The predicted octanol–water partition coefficient (Wildman–Crippen LogP) is 11.0. The minimum Gasteiger partial charge on any atom is -0.248 e. The van der Waals surface area contributed by atoms with Gasteiger partial charge in [0.05, 0.1) is 39.1 Å². The summed E-state index contributed by atoms with van der Waals surface area (Å²) in [7, 11) is 0. The molecule has 0 aliphatic carbocycles. The number of benzene rings is 5. The summed E-state index contributed by atoms with van der Waals surface area (Å²) < 4.78 is 0. The molecule has 0 bridgehead atoms. The molecule has 0 radical (unpaired) electrons. The van der Waals surface area contributed by atoms with E-state index >= 15 is 0 Å². The van der Waals surface area contributed by atoms with Crippen molar-refractivity contribution in [1.29, 1.82) is 0 Å². The van der Waals surface area contributed by atoms with Crippen LogP contribution in [0.25, 0.3) is 100 Å². The Morgan fingerprint density at radius 3 is 1.38 bits per heavy atom. The molecule has 5 aromatic carbocycles. The van der Waals surface area contributed by atoms with Crippen molar-refractivity contribution in [2.45, 2.75) is 0 Å². The molecule has 52 heavy (non-hydrogen) atoms. The van der Waals surface area contributed by atoms with Crippen LogP contribution in [0.2, 0.25) is 0 Å². The Morgan fingerprint density at radius 2 is 0.731 bits per heavy atom. The zero-order valence-corrected chi connectivity index (χ0v) is 27.8. The Bertz CT molecular complexity index is 2940. The van der Waals surface area contributed by atoms with E-state index < -0.39 is 0 Å². The zero-order chi connectivity index (χ0) is 34.4. The third-order valence-corrected chi connectivity index (χ3v) is 9.58. The number of hydrogen-bond donors (Lipinski definition) is 0. The van der Waals surface area contributed by atoms with Gasteiger partial charge in [0.25, 0.3) is 0 Å². The number of hydrogen-bond acceptors (Lipinski definition) is 6. The minimum absolute atomic E-state index is 0.608. The first kappa shape index (κ1) is 29.7. The average Bonchev–Trinajstić information content (AvgIpc) is 3.23. The van der Waals surface area contributed by atoms with Gasteiger partial charge in [0, 0.05) is 50.6 Å². The summed E-state index contributed by atoms with van der Waals surface area (Å²) >= 11 is 0. The van der Waals surface area contributed by atoms with E-state index in [-0.39, 0.29) is 0 Å². The van der Waals surface area contributed by atoms with E-state index in [0.717, 1.165) is 94.2 Å². The molecule has 0 amide bonds. The quantitative estimate of drug-likeness (QED) is 0.170. The van der Waals surface area contributed by atoms with E-state index in [2.05, 4.69) is 137 Å². The van der Waals surface area contributed by atoms with Crippen LogP contribution >= 0.6 is 0 Å². The van der Waals surface area contributed by atoms with Gasteiger partial charge >= 0.3 is 0 Å². The van der Waals surface area contributed by atoms with Crippen LogP contribution in [0.4, 0.5) is 0 Å². The molecular formula is C46H28N6. The molecule has 0 saturated carbocycles. The number of fused-ring (bicyclic) bond motifs is 5. The van der Waals surface area contributed by atoms with Gasteiger partial charge in [-0.15, -0.1) is 0 Å². The summed E-state index contributed by atoms with van der Waals surface area (Å²) in [6.45, 7) is 0. The third-order valence-electron chi connectivity index (χ3n) is 9.58. The lowest BCUT2D eigenvalue weighted by molar-refractivity contribution is 1.15. The molecule has 10 rings (SSSR count). The lowest BCUT2D eigenvalue weighted by Gasteiger charge is -2.09. The second-order valence-corrected chi connectivity index (χ2v) is 12.8. The van der Waals surface area contributed by atoms with Crippen LogP contribution in [0.15, 0.2) is 170 Å². The van der Waals surface area contributed by atoms with E-state index in [4.69, 9.17) is 19.9 Å². The first-order valence-electron chi connectivity index (χ1n) is 17.2. The molecule has 0 N–H and O–H groups in total. The van der Waals surface area contributed by atoms with Gasteiger partial charge in [-0.2, -0.15) is 0 Å². The van der Waals surface area contributed by atoms with E-state index in [1.165, 1.54) is 0 Å². The van der Waals surface area contributed by atoms with Gasteiger partial charge < -0.3 is 0 Å². The second-order valence-electron chi connectivity index (χ2n) is 12.8. The van der Waals surface area contributed by atoms with E-state index in [0.29, 0.717) is 5.82 Å². The van der Waals surface area contributed by atoms with Gasteiger partial charge in [-0.05, 0) is 53.6 Å². The van der Waals surface area contributed by atoms with Crippen molar-refractivity contribution >= 4 is 43.6 Å². The van der Waals surface area contributed by atoms with Gasteiger partial charge in [-0.25, -0.2) is 29.9 Å². The monoisotopic (exact) mass is 664 g/mol. The van der Waals surface area contributed by atoms with Crippen molar-refractivity contribution < 1.29 is 0 Å². The second kappa shape index (κ2) is 12.3. The highest BCUT2D eigenvalue weighted by molar-refractivity contribution is 6.04. The summed E-state index contributed by atoms with van der Waals surface area (Å²) in [5, 5.41) is 4.28. The van der Waals surface area contributed by atoms with Crippen LogP contribution in [-0.4, -0.2) is 29.9 Å². The van der Waals surface area contributed by atoms with Crippen molar-refractivity contribution in [3.8, 4) is 56.4 Å². The molecule has 10 aromatic rings. The van der Waals surface area contributed by atoms with Crippen molar-refractivity contribution in [2.24, 2.45) is 0 Å². The third kappa shape index (κ3) is 5.39. The summed E-state index contributed by atoms with van der Waals surface area (Å²) in [5.74, 6) is 0.608. The Kier molecular flexibility index (Phi) is 7.03. The fraction of sp³-hybridized carbons (Fsp3) is 0. The largest absolute Gasteiger partial charge is 0.248 e. The lowest BCUT2D eigenvalue weighted by atomic mass is 10.00. The molecule has 0 unspecified atom stereocenters. The van der Waals surface area contributed by atoms with Crippen LogP contribution < -0.4 is 0 Å². The van der Waals surface area contributed by atoms with Crippen molar-refractivity contribution in [1.82, 2.24) is 29.9 Å². The minimum atomic E-state index is 0.608. The molecule has 0 fully saturated rings. The van der Waals surface area contributed by atoms with Crippen LogP contribution in [-0.2, 0) is 0 Å². The summed E-state index contributed by atoms with van der Waals surface area (Å²) in [5.41, 5.74) is 12.5. The molecule has 5 aromatic heterocycles. The summed E-state index contributed by atoms with van der Waals surface area (Å²) in [6, 6.07) is 54.3. The van der Waals surface area contributed by atoms with E-state index in [1.54, 1.807) is 18.5 Å². The maximum atomic E-state index is 5.15. The van der Waals surface area contributed by atoms with Crippen LogP contribution in [0.1, 0.15) is 0 Å². The molecule has 6 nitrogen and oxygen atoms in total. The Morgan fingerprint density at radius 1 is 0.288 bits per heavy atom. The molecule has 0 aliphatic heterocycles. The normalized spacial score (nSPS) is 11.5. The molecule has 5 heterocycles. The number of pyridine rings is 4. The first-order valence-corrected chi connectivity index (χ1v) is 17.2. The lowest BCUT2D eigenvalue weighted by Crippen LogP contribution is -1.92. The zero-order valence-electron chi connectivity index (χ0n) is 27.8. The Balaban J connectivity index is 0.965. The van der Waals surface area contributed by atoms with Crippen molar-refractivity contribution in [2.75, 3.05) is 0 Å². The molecule has 0 atom stereocenters. The predicted molar refractivity (Wildman–Crippen MR) is 210 cm³/mol. The van der Waals surface area contributed by atoms with Crippen LogP contribution in [0.5, 0.6) is 0 Å². The highest BCUT2D eigenvalue weighted by Gasteiger charge is 2.11. The molecule has 0 saturated heterocycles. The maximum Gasteiger partial charge on any atom is 0.178 e. The fourth-order valence-corrected chi connectivity index (χ4v) is 6.82. The van der Waals surface area contributed by atoms with Gasteiger partial charge in [0.15, 0.2) is 5.82 Å². The number of aromatic nitrogens is 6. The molecular weight excluding hydrogens is 637 g/mol. The van der Waals surface area contributed by atoms with Gasteiger partial charge in [0.1, 0.15) is 5.69 Å². The van der Waals surface area contributed by atoms with Crippen molar-refractivity contribution in [3.63, 3.8) is 0 Å². The highest BCUT2D eigenvalue weighted by Crippen LogP contribution is 2.32. The molecule has 0 spiro atoms. The first-order chi connectivity index (χ1) is 25.7. The van der Waals surface area contributed by atoms with Crippen LogP contribution in [0.3, 0.4) is 0 Å². The standard InChI is InChI=1S/C46H28N6/c1-2-5-30(6-3-1)38-22-19-34-13-14-35-20-23-39(52-45(35)44(34)51-38)31-9-7-29(8-10-31)36-15-11-32-17-21-40(49-42(32)27-36)37-16-12-33-18-24-41(50-43(33)28-37)46-47-25-4-26-48-46/h1-28H. The smallest absolute Gasteiger partial charge is 0.178 e. The highest BCUT2D eigenvalue weighted by atomic mass is 14.9. The van der Waals surface area contributed by atoms with E-state index in [1.807, 2.05) is 24.3 Å².